The highest BCUT2D eigenvalue weighted by Gasteiger charge is 2.21. The van der Waals surface area contributed by atoms with E-state index in [4.69, 9.17) is 35.3 Å². The molecule has 0 unspecified atom stereocenters. The number of fused-ring (bicyclic) bond motifs is 1. The number of methoxy groups -OCH3 is 1. The lowest BCUT2D eigenvalue weighted by atomic mass is 10.1. The van der Waals surface area contributed by atoms with E-state index in [2.05, 4.69) is 0 Å². The Morgan fingerprint density at radius 3 is 2.72 bits per heavy atom. The van der Waals surface area contributed by atoms with Crippen molar-refractivity contribution in [2.24, 2.45) is 0 Å². The van der Waals surface area contributed by atoms with E-state index in [9.17, 15) is 4.79 Å². The van der Waals surface area contributed by atoms with Crippen molar-refractivity contribution in [1.82, 2.24) is 0 Å². The van der Waals surface area contributed by atoms with Crippen LogP contribution in [0.1, 0.15) is 10.4 Å². The number of benzene rings is 2. The molecule has 0 aromatic heterocycles. The molecule has 3 rings (SSSR count). The van der Waals surface area contributed by atoms with Gasteiger partial charge in [-0.15, -0.1) is 0 Å². The Kier molecular flexibility index (Phi) is 5.50. The van der Waals surface area contributed by atoms with Crippen molar-refractivity contribution in [3.63, 3.8) is 0 Å². The van der Waals surface area contributed by atoms with Gasteiger partial charge in [0.2, 0.25) is 5.75 Å². The third kappa shape index (κ3) is 4.09. The summed E-state index contributed by atoms with van der Waals surface area (Å²) < 4.78 is 27.0. The van der Waals surface area contributed by atoms with Crippen molar-refractivity contribution < 1.29 is 28.5 Å². The molecule has 2 aromatic carbocycles. The average molecular weight is 365 g/mol. The fourth-order valence-corrected chi connectivity index (χ4v) is 2.51. The van der Waals surface area contributed by atoms with Gasteiger partial charge >= 0.3 is 5.97 Å². The maximum Gasteiger partial charge on any atom is 0.338 e. The molecule has 0 spiro atoms. The van der Waals surface area contributed by atoms with Gasteiger partial charge < -0.3 is 23.7 Å². The summed E-state index contributed by atoms with van der Waals surface area (Å²) in [6.45, 7) is 1.13. The molecule has 0 saturated carbocycles. The van der Waals surface area contributed by atoms with E-state index in [0.29, 0.717) is 46.8 Å². The van der Waals surface area contributed by atoms with Crippen LogP contribution in [0.4, 0.5) is 0 Å². The van der Waals surface area contributed by atoms with Gasteiger partial charge in [0.15, 0.2) is 11.5 Å². The Bertz CT molecular complexity index is 744. The molecule has 132 valence electrons. The van der Waals surface area contributed by atoms with E-state index in [1.54, 1.807) is 24.3 Å². The zero-order chi connectivity index (χ0) is 17.6. The van der Waals surface area contributed by atoms with Crippen LogP contribution >= 0.6 is 11.6 Å². The normalized spacial score (nSPS) is 12.4. The minimum atomic E-state index is -0.502. The molecule has 0 fully saturated rings. The summed E-state index contributed by atoms with van der Waals surface area (Å²) in [5.41, 5.74) is 0.318. The number of hydrogen-bond acceptors (Lipinski definition) is 6. The van der Waals surface area contributed by atoms with Crippen molar-refractivity contribution >= 4 is 17.6 Å². The van der Waals surface area contributed by atoms with Gasteiger partial charge in [-0.05, 0) is 24.3 Å². The number of carbonyl (C=O) groups is 1. The molecule has 6 nitrogen and oxygen atoms in total. The average Bonchev–Trinajstić information content (AvgIpc) is 2.65. The van der Waals surface area contributed by atoms with Crippen LogP contribution < -0.4 is 18.9 Å². The zero-order valence-corrected chi connectivity index (χ0v) is 14.4. The van der Waals surface area contributed by atoms with Crippen molar-refractivity contribution in [3.05, 3.63) is 47.0 Å². The molecular formula is C18H17ClO6. The fourth-order valence-electron chi connectivity index (χ4n) is 2.32. The highest BCUT2D eigenvalue weighted by atomic mass is 35.5. The maximum absolute atomic E-state index is 12.2. The summed E-state index contributed by atoms with van der Waals surface area (Å²) in [5, 5.41) is 0.505. The number of carbonyl (C=O) groups excluding carboxylic acids is 1. The summed E-state index contributed by atoms with van der Waals surface area (Å²) in [6.07, 6.45) is 0. The van der Waals surface area contributed by atoms with Crippen molar-refractivity contribution in [2.75, 3.05) is 33.5 Å². The Hall–Kier alpha value is -2.60. The van der Waals surface area contributed by atoms with Crippen LogP contribution in [-0.2, 0) is 4.74 Å². The van der Waals surface area contributed by atoms with E-state index in [0.717, 1.165) is 0 Å². The first-order chi connectivity index (χ1) is 12.2. The van der Waals surface area contributed by atoms with Crippen molar-refractivity contribution in [2.45, 2.75) is 0 Å². The second-order valence-corrected chi connectivity index (χ2v) is 5.52. The molecule has 0 radical (unpaired) electrons. The van der Waals surface area contributed by atoms with Gasteiger partial charge in [0, 0.05) is 0 Å². The van der Waals surface area contributed by atoms with Crippen LogP contribution in [0.15, 0.2) is 36.4 Å². The van der Waals surface area contributed by atoms with E-state index in [-0.39, 0.29) is 13.2 Å². The molecule has 0 N–H and O–H groups in total. The first-order valence-corrected chi connectivity index (χ1v) is 8.09. The molecular weight excluding hydrogens is 348 g/mol. The van der Waals surface area contributed by atoms with Crippen LogP contribution in [0.3, 0.4) is 0 Å². The molecule has 2 aromatic rings. The SMILES string of the molecule is COc1cc(C(=O)OCCOc2ccccc2Cl)cc2c1OCCO2. The quantitative estimate of drug-likeness (QED) is 0.578. The Morgan fingerprint density at radius 2 is 1.92 bits per heavy atom. The molecule has 0 saturated heterocycles. The van der Waals surface area contributed by atoms with E-state index in [1.807, 2.05) is 12.1 Å². The molecule has 1 aliphatic rings. The maximum atomic E-state index is 12.2. The van der Waals surface area contributed by atoms with E-state index in [1.165, 1.54) is 7.11 Å². The summed E-state index contributed by atoms with van der Waals surface area (Å²) in [7, 11) is 1.50. The highest BCUT2D eigenvalue weighted by molar-refractivity contribution is 6.32. The van der Waals surface area contributed by atoms with Gasteiger partial charge in [-0.1, -0.05) is 23.7 Å². The second-order valence-electron chi connectivity index (χ2n) is 5.12. The predicted octanol–water partition coefficient (Wildman–Crippen LogP) is 3.36. The van der Waals surface area contributed by atoms with Crippen molar-refractivity contribution in [1.29, 1.82) is 0 Å². The summed E-state index contributed by atoms with van der Waals surface area (Å²) in [6, 6.07) is 10.2. The van der Waals surface area contributed by atoms with Crippen molar-refractivity contribution in [3.8, 4) is 23.0 Å². The van der Waals surface area contributed by atoms with Gasteiger partial charge in [0.25, 0.3) is 0 Å². The zero-order valence-electron chi connectivity index (χ0n) is 13.6. The first-order valence-electron chi connectivity index (χ1n) is 7.71. The standard InChI is InChI=1S/C18H17ClO6/c1-21-15-10-12(11-16-17(15)24-8-6-23-16)18(20)25-9-7-22-14-5-3-2-4-13(14)19/h2-5,10-11H,6-9H2,1H3. The highest BCUT2D eigenvalue weighted by Crippen LogP contribution is 2.40. The Morgan fingerprint density at radius 1 is 1.12 bits per heavy atom. The lowest BCUT2D eigenvalue weighted by molar-refractivity contribution is 0.0449. The molecule has 0 bridgehead atoms. The second kappa shape index (κ2) is 7.98. The van der Waals surface area contributed by atoms with Gasteiger partial charge in [-0.25, -0.2) is 4.79 Å². The number of para-hydroxylation sites is 1. The summed E-state index contributed by atoms with van der Waals surface area (Å²) in [4.78, 5) is 12.2. The number of hydrogen-bond donors (Lipinski definition) is 0. The lowest BCUT2D eigenvalue weighted by Gasteiger charge is -2.21. The van der Waals surface area contributed by atoms with Gasteiger partial charge in [-0.2, -0.15) is 0 Å². The Balaban J connectivity index is 1.59. The Labute approximate surface area is 150 Å². The molecule has 1 aliphatic heterocycles. The smallest absolute Gasteiger partial charge is 0.338 e. The van der Waals surface area contributed by atoms with E-state index < -0.39 is 5.97 Å². The monoisotopic (exact) mass is 364 g/mol. The molecule has 1 heterocycles. The van der Waals surface area contributed by atoms with Gasteiger partial charge in [-0.3, -0.25) is 0 Å². The first kappa shape index (κ1) is 17.2. The van der Waals surface area contributed by atoms with Crippen LogP contribution in [0.25, 0.3) is 0 Å². The van der Waals surface area contributed by atoms with Crippen LogP contribution in [0, 0.1) is 0 Å². The minimum absolute atomic E-state index is 0.0841. The molecule has 0 amide bonds. The predicted molar refractivity (Wildman–Crippen MR) is 91.2 cm³/mol. The largest absolute Gasteiger partial charge is 0.493 e. The lowest BCUT2D eigenvalue weighted by Crippen LogP contribution is -2.17. The fraction of sp³-hybridized carbons (Fsp3) is 0.278. The third-order valence-electron chi connectivity index (χ3n) is 3.47. The molecule has 7 heteroatoms. The van der Waals surface area contributed by atoms with Crippen LogP contribution in [0.2, 0.25) is 5.02 Å². The van der Waals surface area contributed by atoms with Crippen LogP contribution in [-0.4, -0.2) is 39.5 Å². The number of halogens is 1. The minimum Gasteiger partial charge on any atom is -0.493 e. The van der Waals surface area contributed by atoms with Gasteiger partial charge in [0.05, 0.1) is 17.7 Å². The summed E-state index contributed by atoms with van der Waals surface area (Å²) in [5.74, 6) is 1.42. The van der Waals surface area contributed by atoms with Crippen LogP contribution in [0.5, 0.6) is 23.0 Å². The number of ether oxygens (including phenoxy) is 5. The number of esters is 1. The third-order valence-corrected chi connectivity index (χ3v) is 3.79. The summed E-state index contributed by atoms with van der Waals surface area (Å²) >= 11 is 5.99. The molecule has 0 aliphatic carbocycles. The van der Waals surface area contributed by atoms with Gasteiger partial charge in [0.1, 0.15) is 32.2 Å². The molecule has 0 atom stereocenters. The molecule has 25 heavy (non-hydrogen) atoms. The topological polar surface area (TPSA) is 63.2 Å². The van der Waals surface area contributed by atoms with E-state index >= 15 is 0 Å². The number of rotatable bonds is 6.